The van der Waals surface area contributed by atoms with Gasteiger partial charge in [-0.2, -0.15) is 0 Å². The van der Waals surface area contributed by atoms with Gasteiger partial charge in [-0.15, -0.1) is 0 Å². The lowest BCUT2D eigenvalue weighted by atomic mass is 9.52. The van der Waals surface area contributed by atoms with Crippen molar-refractivity contribution in [2.75, 3.05) is 7.05 Å². The molecule has 0 aromatic heterocycles. The molecule has 0 spiro atoms. The van der Waals surface area contributed by atoms with Gasteiger partial charge in [-0.1, -0.05) is 0 Å². The van der Waals surface area contributed by atoms with Crippen LogP contribution in [0.1, 0.15) is 32.1 Å². The van der Waals surface area contributed by atoms with Crippen molar-refractivity contribution in [1.29, 1.82) is 0 Å². The fourth-order valence-electron chi connectivity index (χ4n) is 4.50. The molecule has 4 rings (SSSR count). The Morgan fingerprint density at radius 3 is 2.23 bits per heavy atom. The summed E-state index contributed by atoms with van der Waals surface area (Å²) in [5.74, 6) is 2.44. The van der Waals surface area contributed by atoms with Crippen LogP contribution in [0.2, 0.25) is 0 Å². The van der Waals surface area contributed by atoms with Crippen LogP contribution in [0, 0.1) is 17.8 Å². The Labute approximate surface area is 79.7 Å². The van der Waals surface area contributed by atoms with E-state index >= 15 is 0 Å². The Balaban J connectivity index is 1.93. The highest BCUT2D eigenvalue weighted by atomic mass is 16.3. The molecule has 0 aromatic rings. The minimum atomic E-state index is -0.344. The van der Waals surface area contributed by atoms with E-state index in [9.17, 15) is 5.11 Å². The third kappa shape index (κ3) is 1.02. The van der Waals surface area contributed by atoms with Crippen LogP contribution in [0.15, 0.2) is 0 Å². The number of likely N-dealkylation sites (N-methyl/N-ethyl adjacent to an activating group) is 1. The van der Waals surface area contributed by atoms with Crippen LogP contribution in [0.4, 0.5) is 0 Å². The molecule has 4 aliphatic carbocycles. The Kier molecular flexibility index (Phi) is 1.58. The van der Waals surface area contributed by atoms with Crippen molar-refractivity contribution in [2.45, 2.75) is 43.7 Å². The van der Waals surface area contributed by atoms with E-state index in [-0.39, 0.29) is 5.60 Å². The standard InChI is InChI=1S/C11H19NO/c1-12-10-9-3-7-2-8(4-9)6-11(10,13)5-7/h7-10,12-13H,2-6H2,1H3. The van der Waals surface area contributed by atoms with Crippen molar-refractivity contribution in [3.8, 4) is 0 Å². The van der Waals surface area contributed by atoms with Gasteiger partial charge in [-0.3, -0.25) is 0 Å². The second-order valence-electron chi connectivity index (χ2n) is 5.48. The molecule has 0 amide bonds. The van der Waals surface area contributed by atoms with Crippen molar-refractivity contribution in [3.05, 3.63) is 0 Å². The van der Waals surface area contributed by atoms with E-state index < -0.39 is 0 Å². The molecule has 0 saturated heterocycles. The lowest BCUT2D eigenvalue weighted by Crippen LogP contribution is -2.64. The summed E-state index contributed by atoms with van der Waals surface area (Å²) in [5, 5.41) is 13.8. The Morgan fingerprint density at radius 1 is 1.15 bits per heavy atom. The maximum absolute atomic E-state index is 10.5. The summed E-state index contributed by atoms with van der Waals surface area (Å²) < 4.78 is 0. The van der Waals surface area contributed by atoms with Gasteiger partial charge in [0.05, 0.1) is 5.60 Å². The molecular formula is C11H19NO. The molecule has 3 unspecified atom stereocenters. The molecule has 4 bridgehead atoms. The summed E-state index contributed by atoms with van der Waals surface area (Å²) in [6.45, 7) is 0. The van der Waals surface area contributed by atoms with Gasteiger partial charge in [0, 0.05) is 6.04 Å². The minimum absolute atomic E-state index is 0.344. The number of hydrogen-bond donors (Lipinski definition) is 2. The van der Waals surface area contributed by atoms with Crippen LogP contribution in [-0.4, -0.2) is 23.8 Å². The monoisotopic (exact) mass is 181 g/mol. The Morgan fingerprint density at radius 2 is 1.77 bits per heavy atom. The Hall–Kier alpha value is -0.0800. The van der Waals surface area contributed by atoms with E-state index in [1.165, 1.54) is 19.3 Å². The first-order valence-corrected chi connectivity index (χ1v) is 5.61. The van der Waals surface area contributed by atoms with Gasteiger partial charge in [0.15, 0.2) is 0 Å². The average Bonchev–Trinajstić information content (AvgIpc) is 2.00. The molecule has 4 aliphatic rings. The van der Waals surface area contributed by atoms with Crippen molar-refractivity contribution in [1.82, 2.24) is 5.32 Å². The fourth-order valence-corrected chi connectivity index (χ4v) is 4.50. The molecule has 74 valence electrons. The van der Waals surface area contributed by atoms with Crippen LogP contribution >= 0.6 is 0 Å². The molecule has 0 heterocycles. The molecule has 2 nitrogen and oxygen atoms in total. The normalized spacial score (nSPS) is 58.6. The maximum Gasteiger partial charge on any atom is 0.0807 e. The molecule has 3 atom stereocenters. The number of hydrogen-bond acceptors (Lipinski definition) is 2. The zero-order valence-corrected chi connectivity index (χ0v) is 8.29. The smallest absolute Gasteiger partial charge is 0.0807 e. The van der Waals surface area contributed by atoms with Crippen LogP contribution in [-0.2, 0) is 0 Å². The summed E-state index contributed by atoms with van der Waals surface area (Å²) in [6, 6.07) is 0.389. The second-order valence-corrected chi connectivity index (χ2v) is 5.48. The van der Waals surface area contributed by atoms with E-state index in [2.05, 4.69) is 5.32 Å². The van der Waals surface area contributed by atoms with Gasteiger partial charge >= 0.3 is 0 Å². The first-order valence-electron chi connectivity index (χ1n) is 5.61. The molecule has 2 heteroatoms. The first-order chi connectivity index (χ1) is 6.21. The summed E-state index contributed by atoms with van der Waals surface area (Å²) in [7, 11) is 2.00. The van der Waals surface area contributed by atoms with E-state index in [1.54, 1.807) is 0 Å². The predicted octanol–water partition coefficient (Wildman–Crippen LogP) is 1.15. The van der Waals surface area contributed by atoms with E-state index in [1.807, 2.05) is 7.05 Å². The maximum atomic E-state index is 10.5. The van der Waals surface area contributed by atoms with Crippen molar-refractivity contribution in [2.24, 2.45) is 17.8 Å². The molecule has 0 radical (unpaired) electrons. The van der Waals surface area contributed by atoms with Gasteiger partial charge in [0.25, 0.3) is 0 Å². The van der Waals surface area contributed by atoms with Crippen molar-refractivity contribution in [3.63, 3.8) is 0 Å². The summed E-state index contributed by atoms with van der Waals surface area (Å²) in [4.78, 5) is 0. The minimum Gasteiger partial charge on any atom is -0.388 e. The first kappa shape index (κ1) is 8.25. The highest BCUT2D eigenvalue weighted by Gasteiger charge is 2.55. The molecule has 0 aliphatic heterocycles. The lowest BCUT2D eigenvalue weighted by molar-refractivity contribution is -0.147. The number of nitrogens with one attached hydrogen (secondary N) is 1. The van der Waals surface area contributed by atoms with Gasteiger partial charge in [-0.05, 0) is 56.9 Å². The zero-order chi connectivity index (χ0) is 9.05. The molecule has 4 saturated carbocycles. The second kappa shape index (κ2) is 2.48. The van der Waals surface area contributed by atoms with E-state index in [0.717, 1.165) is 30.6 Å². The molecule has 0 aromatic carbocycles. The van der Waals surface area contributed by atoms with Gasteiger partial charge in [0.1, 0.15) is 0 Å². The van der Waals surface area contributed by atoms with Crippen molar-refractivity contribution >= 4 is 0 Å². The summed E-state index contributed by atoms with van der Waals surface area (Å²) in [5.41, 5.74) is -0.344. The van der Waals surface area contributed by atoms with Crippen LogP contribution in [0.5, 0.6) is 0 Å². The Bertz CT molecular complexity index is 214. The van der Waals surface area contributed by atoms with Crippen LogP contribution < -0.4 is 5.32 Å². The van der Waals surface area contributed by atoms with E-state index in [0.29, 0.717) is 6.04 Å². The van der Waals surface area contributed by atoms with Crippen LogP contribution in [0.25, 0.3) is 0 Å². The van der Waals surface area contributed by atoms with Gasteiger partial charge < -0.3 is 10.4 Å². The summed E-state index contributed by atoms with van der Waals surface area (Å²) in [6.07, 6.45) is 6.25. The third-order valence-corrected chi connectivity index (χ3v) is 4.58. The SMILES string of the molecule is CNC1C2CC3CC(C2)CC1(O)C3. The van der Waals surface area contributed by atoms with Crippen LogP contribution in [0.3, 0.4) is 0 Å². The number of aliphatic hydroxyl groups is 1. The van der Waals surface area contributed by atoms with Gasteiger partial charge in [-0.25, -0.2) is 0 Å². The predicted molar refractivity (Wildman–Crippen MR) is 51.4 cm³/mol. The van der Waals surface area contributed by atoms with Crippen molar-refractivity contribution < 1.29 is 5.11 Å². The molecule has 13 heavy (non-hydrogen) atoms. The lowest BCUT2D eigenvalue weighted by Gasteiger charge is -2.58. The molecule has 2 N–H and O–H groups in total. The summed E-state index contributed by atoms with van der Waals surface area (Å²) >= 11 is 0. The van der Waals surface area contributed by atoms with E-state index in [4.69, 9.17) is 0 Å². The zero-order valence-electron chi connectivity index (χ0n) is 8.29. The molecular weight excluding hydrogens is 162 g/mol. The molecule has 4 fully saturated rings. The fraction of sp³-hybridized carbons (Fsp3) is 1.00. The largest absolute Gasteiger partial charge is 0.388 e. The quantitative estimate of drug-likeness (QED) is 0.636. The van der Waals surface area contributed by atoms with Gasteiger partial charge in [0.2, 0.25) is 0 Å². The highest BCUT2D eigenvalue weighted by molar-refractivity contribution is 5.09. The topological polar surface area (TPSA) is 32.3 Å². The average molecular weight is 181 g/mol. The highest BCUT2D eigenvalue weighted by Crippen LogP contribution is 2.55. The third-order valence-electron chi connectivity index (χ3n) is 4.58. The number of rotatable bonds is 1.